The third-order valence-corrected chi connectivity index (χ3v) is 4.69. The Morgan fingerprint density at radius 3 is 2.50 bits per heavy atom. The van der Waals surface area contributed by atoms with Gasteiger partial charge in [0.25, 0.3) is 0 Å². The molecular formula is C21H35N2P. The molecule has 1 heterocycles. The van der Waals surface area contributed by atoms with Crippen LogP contribution in [-0.4, -0.2) is 29.4 Å². The Kier molecular flexibility index (Phi) is 10.2. The lowest BCUT2D eigenvalue weighted by Crippen LogP contribution is -2.35. The molecule has 1 aliphatic heterocycles. The van der Waals surface area contributed by atoms with Crippen LogP contribution in [0.15, 0.2) is 36.9 Å². The SMILES string of the molecule is C=CC(=P)N1CCC(c2cccc(CNC(C)C)c2)CC1.CCC. The summed E-state index contributed by atoms with van der Waals surface area (Å²) in [5.74, 6) is 0.685. The quantitative estimate of drug-likeness (QED) is 0.709. The average Bonchev–Trinajstić information content (AvgIpc) is 2.60. The fraction of sp³-hybridized carbons (Fsp3) is 0.571. The number of benzene rings is 1. The van der Waals surface area contributed by atoms with Crippen LogP contribution < -0.4 is 5.32 Å². The Bertz CT molecular complexity index is 502. The van der Waals surface area contributed by atoms with Crippen LogP contribution in [0.25, 0.3) is 0 Å². The van der Waals surface area contributed by atoms with Gasteiger partial charge in [-0.05, 0) is 36.0 Å². The van der Waals surface area contributed by atoms with Crippen molar-refractivity contribution < 1.29 is 0 Å². The molecule has 1 fully saturated rings. The van der Waals surface area contributed by atoms with Crippen molar-refractivity contribution in [2.24, 2.45) is 0 Å². The third-order valence-electron chi connectivity index (χ3n) is 4.17. The Labute approximate surface area is 151 Å². The average molecular weight is 346 g/mol. The van der Waals surface area contributed by atoms with Gasteiger partial charge in [-0.25, -0.2) is 0 Å². The van der Waals surface area contributed by atoms with Crippen LogP contribution in [0.4, 0.5) is 0 Å². The van der Waals surface area contributed by atoms with Crippen LogP contribution >= 0.6 is 8.86 Å². The smallest absolute Gasteiger partial charge is 0.0368 e. The normalized spacial score (nSPS) is 15.7. The number of nitrogens with zero attached hydrogens (tertiary/aromatic N) is 1. The maximum Gasteiger partial charge on any atom is 0.0368 e. The van der Waals surface area contributed by atoms with E-state index >= 15 is 0 Å². The van der Waals surface area contributed by atoms with Gasteiger partial charge < -0.3 is 5.32 Å². The van der Waals surface area contributed by atoms with Gasteiger partial charge in [0.2, 0.25) is 0 Å². The van der Waals surface area contributed by atoms with Crippen molar-refractivity contribution in [3.05, 3.63) is 48.0 Å². The molecule has 0 amide bonds. The van der Waals surface area contributed by atoms with Gasteiger partial charge in [-0.2, -0.15) is 0 Å². The summed E-state index contributed by atoms with van der Waals surface area (Å²) in [4.78, 5) is 2.37. The molecular weight excluding hydrogens is 311 g/mol. The van der Waals surface area contributed by atoms with Crippen molar-refractivity contribution >= 4 is 14.3 Å². The Morgan fingerprint density at radius 2 is 1.96 bits per heavy atom. The maximum absolute atomic E-state index is 3.82. The standard InChI is InChI=1S/C18H27N2P.C3H8/c1-4-18(21)20-10-8-16(9-11-20)17-7-5-6-15(12-17)13-19-14(2)3;1-3-2/h4-7,12,14,16,19,21H,1,8-11,13H2,2-3H3;3H2,1-2H3. The van der Waals surface area contributed by atoms with Crippen LogP contribution in [-0.2, 0) is 6.54 Å². The van der Waals surface area contributed by atoms with E-state index < -0.39 is 0 Å². The first-order valence-corrected chi connectivity index (χ1v) is 9.79. The van der Waals surface area contributed by atoms with Crippen LogP contribution in [0.5, 0.6) is 0 Å². The lowest BCUT2D eigenvalue weighted by molar-refractivity contribution is 0.318. The molecule has 134 valence electrons. The van der Waals surface area contributed by atoms with E-state index in [1.807, 2.05) is 6.08 Å². The van der Waals surface area contributed by atoms with Crippen molar-refractivity contribution in [1.82, 2.24) is 10.2 Å². The van der Waals surface area contributed by atoms with Crippen molar-refractivity contribution in [1.29, 1.82) is 0 Å². The molecule has 1 N–H and O–H groups in total. The molecule has 1 aromatic carbocycles. The highest BCUT2D eigenvalue weighted by molar-refractivity contribution is 7.21. The van der Waals surface area contributed by atoms with Crippen LogP contribution in [0.2, 0.25) is 0 Å². The number of hydrogen-bond donors (Lipinski definition) is 1. The second-order valence-electron chi connectivity index (χ2n) is 6.84. The van der Waals surface area contributed by atoms with E-state index in [1.54, 1.807) is 0 Å². The van der Waals surface area contributed by atoms with Crippen LogP contribution in [0.1, 0.15) is 64.0 Å². The summed E-state index contributed by atoms with van der Waals surface area (Å²) in [6, 6.07) is 9.61. The number of nitrogens with one attached hydrogen (secondary N) is 1. The zero-order valence-electron chi connectivity index (χ0n) is 15.9. The first kappa shape index (κ1) is 21.1. The number of piperidine rings is 1. The second kappa shape index (κ2) is 11.6. The van der Waals surface area contributed by atoms with E-state index in [4.69, 9.17) is 0 Å². The van der Waals surface area contributed by atoms with E-state index in [-0.39, 0.29) is 0 Å². The molecule has 0 aliphatic carbocycles. The summed E-state index contributed by atoms with van der Waals surface area (Å²) >= 11 is 0. The van der Waals surface area contributed by atoms with Gasteiger partial charge in [0.1, 0.15) is 0 Å². The zero-order valence-corrected chi connectivity index (χ0v) is 16.9. The highest BCUT2D eigenvalue weighted by Gasteiger charge is 2.21. The van der Waals surface area contributed by atoms with E-state index in [0.29, 0.717) is 12.0 Å². The lowest BCUT2D eigenvalue weighted by Gasteiger charge is -2.32. The Hall–Kier alpha value is -0.950. The van der Waals surface area contributed by atoms with Gasteiger partial charge in [-0.1, -0.05) is 65.0 Å². The molecule has 0 bridgehead atoms. The minimum atomic E-state index is 0.531. The first-order chi connectivity index (χ1) is 11.5. The maximum atomic E-state index is 3.82. The monoisotopic (exact) mass is 346 g/mol. The van der Waals surface area contributed by atoms with Gasteiger partial charge in [0, 0.05) is 31.1 Å². The van der Waals surface area contributed by atoms with E-state index in [0.717, 1.165) is 25.1 Å². The van der Waals surface area contributed by atoms with E-state index in [2.05, 4.69) is 77.6 Å². The molecule has 0 unspecified atom stereocenters. The van der Waals surface area contributed by atoms with E-state index in [1.165, 1.54) is 30.4 Å². The third kappa shape index (κ3) is 7.30. The fourth-order valence-corrected chi connectivity index (χ4v) is 3.09. The second-order valence-corrected chi connectivity index (χ2v) is 7.35. The minimum absolute atomic E-state index is 0.531. The van der Waals surface area contributed by atoms with Crippen LogP contribution in [0.3, 0.4) is 0 Å². The fourth-order valence-electron chi connectivity index (χ4n) is 2.86. The minimum Gasteiger partial charge on any atom is -0.310 e. The van der Waals surface area contributed by atoms with Crippen molar-refractivity contribution in [2.45, 2.75) is 65.5 Å². The molecule has 1 aromatic rings. The molecule has 0 spiro atoms. The predicted octanol–water partition coefficient (Wildman–Crippen LogP) is 5.24. The highest BCUT2D eigenvalue weighted by atomic mass is 31.0. The molecule has 0 atom stereocenters. The van der Waals surface area contributed by atoms with Crippen molar-refractivity contribution in [2.75, 3.05) is 13.1 Å². The number of rotatable bonds is 6. The van der Waals surface area contributed by atoms with Gasteiger partial charge in [-0.15, -0.1) is 8.86 Å². The summed E-state index contributed by atoms with van der Waals surface area (Å²) in [7, 11) is 3.63. The number of hydrogen-bond acceptors (Lipinski definition) is 1. The molecule has 0 saturated carbocycles. The van der Waals surface area contributed by atoms with Gasteiger partial charge >= 0.3 is 0 Å². The Morgan fingerprint density at radius 1 is 1.33 bits per heavy atom. The molecule has 24 heavy (non-hydrogen) atoms. The summed E-state index contributed by atoms with van der Waals surface area (Å²) in [6.07, 6.45) is 5.56. The summed E-state index contributed by atoms with van der Waals surface area (Å²) in [5.41, 5.74) is 4.00. The van der Waals surface area contributed by atoms with Crippen LogP contribution in [0, 0.1) is 0 Å². The van der Waals surface area contributed by atoms with Crippen molar-refractivity contribution in [3.8, 4) is 0 Å². The Balaban J connectivity index is 0.000000891. The highest BCUT2D eigenvalue weighted by Crippen LogP contribution is 2.28. The predicted molar refractivity (Wildman–Crippen MR) is 111 cm³/mol. The molecule has 3 heteroatoms. The molecule has 0 radical (unpaired) electrons. The zero-order chi connectivity index (χ0) is 17.9. The van der Waals surface area contributed by atoms with Gasteiger partial charge in [-0.3, -0.25) is 4.90 Å². The lowest BCUT2D eigenvalue weighted by atomic mass is 9.88. The largest absolute Gasteiger partial charge is 0.310 e. The first-order valence-electron chi connectivity index (χ1n) is 9.29. The molecule has 1 saturated heterocycles. The van der Waals surface area contributed by atoms with E-state index in [9.17, 15) is 0 Å². The summed E-state index contributed by atoms with van der Waals surface area (Å²) in [5, 5.41) is 3.49. The van der Waals surface area contributed by atoms with Crippen molar-refractivity contribution in [3.63, 3.8) is 0 Å². The van der Waals surface area contributed by atoms with Gasteiger partial charge in [0.05, 0.1) is 0 Å². The summed E-state index contributed by atoms with van der Waals surface area (Å²) < 4.78 is 0. The topological polar surface area (TPSA) is 15.3 Å². The molecule has 0 aromatic heterocycles. The molecule has 1 aliphatic rings. The van der Waals surface area contributed by atoms with Gasteiger partial charge in [0.15, 0.2) is 0 Å². The molecule has 2 rings (SSSR count). The molecule has 2 nitrogen and oxygen atoms in total. The summed E-state index contributed by atoms with van der Waals surface area (Å²) in [6.45, 7) is 15.6. The number of likely N-dealkylation sites (tertiary alicyclic amines) is 1.